The van der Waals surface area contributed by atoms with Crippen LogP contribution in [0.15, 0.2) is 60.7 Å². The van der Waals surface area contributed by atoms with Gasteiger partial charge in [-0.2, -0.15) is 0 Å². The number of benzene rings is 3. The molecule has 140 valence electrons. The van der Waals surface area contributed by atoms with E-state index < -0.39 is 0 Å². The topological polar surface area (TPSA) is 30.5 Å². The molecule has 0 amide bonds. The van der Waals surface area contributed by atoms with Crippen molar-refractivity contribution in [2.45, 2.75) is 13.2 Å². The molecule has 3 nitrogen and oxygen atoms in total. The van der Waals surface area contributed by atoms with Crippen LogP contribution in [0.2, 0.25) is 15.1 Å². The van der Waals surface area contributed by atoms with Gasteiger partial charge in [0.05, 0.1) is 17.8 Å². The Morgan fingerprint density at radius 1 is 0.889 bits per heavy atom. The van der Waals surface area contributed by atoms with E-state index in [2.05, 4.69) is 5.32 Å². The zero-order valence-corrected chi connectivity index (χ0v) is 16.9. The summed E-state index contributed by atoms with van der Waals surface area (Å²) < 4.78 is 11.5. The monoisotopic (exact) mass is 421 g/mol. The van der Waals surface area contributed by atoms with Crippen LogP contribution in [0, 0.1) is 0 Å². The minimum Gasteiger partial charge on any atom is -0.493 e. The van der Waals surface area contributed by atoms with Crippen LogP contribution >= 0.6 is 34.8 Å². The molecule has 0 aliphatic carbocycles. The molecule has 3 aromatic carbocycles. The van der Waals surface area contributed by atoms with Gasteiger partial charge in [-0.25, -0.2) is 0 Å². The highest BCUT2D eigenvalue weighted by Gasteiger charge is 2.12. The fourth-order valence-corrected chi connectivity index (χ4v) is 3.19. The second-order valence-corrected chi connectivity index (χ2v) is 7.12. The van der Waals surface area contributed by atoms with Gasteiger partial charge in [0.2, 0.25) is 0 Å². The standard InChI is InChI=1S/C21H18Cl3NO2/c1-26-20-4-2-3-15(12-25-19-10-9-17(23)11-18(19)24)21(20)27-13-14-5-7-16(22)8-6-14/h2-11,25H,12-13H2,1H3. The van der Waals surface area contributed by atoms with Gasteiger partial charge in [-0.15, -0.1) is 0 Å². The third-order valence-electron chi connectivity index (χ3n) is 3.98. The van der Waals surface area contributed by atoms with Crippen molar-refractivity contribution in [3.05, 3.63) is 86.9 Å². The third kappa shape index (κ3) is 5.23. The zero-order chi connectivity index (χ0) is 19.2. The molecule has 0 unspecified atom stereocenters. The van der Waals surface area contributed by atoms with E-state index in [1.54, 1.807) is 19.2 Å². The Hall–Kier alpha value is -2.07. The molecular weight excluding hydrogens is 405 g/mol. The summed E-state index contributed by atoms with van der Waals surface area (Å²) in [5.41, 5.74) is 2.77. The Morgan fingerprint density at radius 2 is 1.63 bits per heavy atom. The molecule has 0 heterocycles. The average molecular weight is 423 g/mol. The smallest absolute Gasteiger partial charge is 0.166 e. The van der Waals surface area contributed by atoms with E-state index in [-0.39, 0.29) is 0 Å². The maximum Gasteiger partial charge on any atom is 0.166 e. The van der Waals surface area contributed by atoms with E-state index in [0.29, 0.717) is 39.7 Å². The highest BCUT2D eigenvalue weighted by atomic mass is 35.5. The summed E-state index contributed by atoms with van der Waals surface area (Å²) in [7, 11) is 1.62. The molecule has 6 heteroatoms. The molecule has 0 saturated heterocycles. The van der Waals surface area contributed by atoms with Gasteiger partial charge in [-0.1, -0.05) is 59.1 Å². The molecule has 0 aliphatic rings. The van der Waals surface area contributed by atoms with Gasteiger partial charge in [0.1, 0.15) is 6.61 Å². The van der Waals surface area contributed by atoms with Crippen molar-refractivity contribution in [2.24, 2.45) is 0 Å². The molecule has 1 N–H and O–H groups in total. The lowest BCUT2D eigenvalue weighted by atomic mass is 10.1. The molecule has 0 bridgehead atoms. The van der Waals surface area contributed by atoms with Gasteiger partial charge < -0.3 is 14.8 Å². The van der Waals surface area contributed by atoms with E-state index in [4.69, 9.17) is 44.3 Å². The minimum absolute atomic E-state index is 0.409. The van der Waals surface area contributed by atoms with Crippen LogP contribution < -0.4 is 14.8 Å². The van der Waals surface area contributed by atoms with Crippen molar-refractivity contribution in [1.82, 2.24) is 0 Å². The lowest BCUT2D eigenvalue weighted by Crippen LogP contribution is -2.05. The number of rotatable bonds is 7. The van der Waals surface area contributed by atoms with Crippen LogP contribution in [0.25, 0.3) is 0 Å². The fraction of sp³-hybridized carbons (Fsp3) is 0.143. The predicted molar refractivity (Wildman–Crippen MR) is 113 cm³/mol. The number of nitrogens with one attached hydrogen (secondary N) is 1. The van der Waals surface area contributed by atoms with Crippen molar-refractivity contribution in [2.75, 3.05) is 12.4 Å². The molecule has 0 atom stereocenters. The summed E-state index contributed by atoms with van der Waals surface area (Å²) in [5.74, 6) is 1.36. The van der Waals surface area contributed by atoms with Crippen molar-refractivity contribution in [3.8, 4) is 11.5 Å². The van der Waals surface area contributed by atoms with Crippen LogP contribution in [0.1, 0.15) is 11.1 Å². The zero-order valence-electron chi connectivity index (χ0n) is 14.6. The second kappa shape index (κ2) is 9.23. The van der Waals surface area contributed by atoms with Crippen molar-refractivity contribution in [1.29, 1.82) is 0 Å². The lowest BCUT2D eigenvalue weighted by Gasteiger charge is -2.16. The maximum atomic E-state index is 6.23. The van der Waals surface area contributed by atoms with Gasteiger partial charge in [0, 0.05) is 22.2 Å². The summed E-state index contributed by atoms with van der Waals surface area (Å²) in [5, 5.41) is 5.17. The third-order valence-corrected chi connectivity index (χ3v) is 4.78. The first kappa shape index (κ1) is 19.7. The van der Waals surface area contributed by atoms with Crippen LogP contribution in [0.5, 0.6) is 11.5 Å². The Balaban J connectivity index is 1.77. The van der Waals surface area contributed by atoms with Crippen LogP contribution in [0.3, 0.4) is 0 Å². The van der Waals surface area contributed by atoms with Gasteiger partial charge in [0.15, 0.2) is 11.5 Å². The number of ether oxygens (including phenoxy) is 2. The summed E-state index contributed by atoms with van der Waals surface area (Å²) in [6.45, 7) is 0.931. The molecular formula is C21H18Cl3NO2. The quantitative estimate of drug-likeness (QED) is 0.452. The predicted octanol–water partition coefficient (Wildman–Crippen LogP) is 6.85. The van der Waals surface area contributed by atoms with Crippen molar-refractivity contribution < 1.29 is 9.47 Å². The second-order valence-electron chi connectivity index (χ2n) is 5.84. The van der Waals surface area contributed by atoms with Crippen LogP contribution in [-0.2, 0) is 13.2 Å². The summed E-state index contributed by atoms with van der Waals surface area (Å²) in [6.07, 6.45) is 0. The first-order valence-corrected chi connectivity index (χ1v) is 9.42. The number of anilines is 1. The molecule has 0 radical (unpaired) electrons. The van der Waals surface area contributed by atoms with Crippen LogP contribution in [-0.4, -0.2) is 7.11 Å². The molecule has 0 aliphatic heterocycles. The summed E-state index contributed by atoms with van der Waals surface area (Å²) >= 11 is 18.1. The number of hydrogen-bond donors (Lipinski definition) is 1. The molecule has 0 spiro atoms. The van der Waals surface area contributed by atoms with E-state index in [1.165, 1.54) is 0 Å². The van der Waals surface area contributed by atoms with Gasteiger partial charge >= 0.3 is 0 Å². The normalized spacial score (nSPS) is 10.5. The SMILES string of the molecule is COc1cccc(CNc2ccc(Cl)cc2Cl)c1OCc1ccc(Cl)cc1. The maximum absolute atomic E-state index is 6.23. The van der Waals surface area contributed by atoms with Gasteiger partial charge in [0.25, 0.3) is 0 Å². The highest BCUT2D eigenvalue weighted by molar-refractivity contribution is 6.36. The van der Waals surface area contributed by atoms with Gasteiger partial charge in [-0.3, -0.25) is 0 Å². The molecule has 0 fully saturated rings. The Labute approximate surface area is 173 Å². The van der Waals surface area contributed by atoms with E-state index >= 15 is 0 Å². The van der Waals surface area contributed by atoms with Gasteiger partial charge in [-0.05, 0) is 42.0 Å². The average Bonchev–Trinajstić information content (AvgIpc) is 2.67. The number of halogens is 3. The fourth-order valence-electron chi connectivity index (χ4n) is 2.58. The number of para-hydroxylation sites is 1. The number of hydrogen-bond acceptors (Lipinski definition) is 3. The van der Waals surface area contributed by atoms with E-state index in [9.17, 15) is 0 Å². The Morgan fingerprint density at radius 3 is 2.33 bits per heavy atom. The van der Waals surface area contributed by atoms with Crippen molar-refractivity contribution in [3.63, 3.8) is 0 Å². The van der Waals surface area contributed by atoms with E-state index in [1.807, 2.05) is 48.5 Å². The molecule has 27 heavy (non-hydrogen) atoms. The summed E-state index contributed by atoms with van der Waals surface area (Å²) in [4.78, 5) is 0. The lowest BCUT2D eigenvalue weighted by molar-refractivity contribution is 0.281. The Bertz CT molecular complexity index is 914. The molecule has 0 saturated carbocycles. The first-order valence-electron chi connectivity index (χ1n) is 8.29. The van der Waals surface area contributed by atoms with Crippen LogP contribution in [0.4, 0.5) is 5.69 Å². The minimum atomic E-state index is 0.409. The highest BCUT2D eigenvalue weighted by Crippen LogP contribution is 2.33. The number of methoxy groups -OCH3 is 1. The first-order chi connectivity index (χ1) is 13.1. The summed E-state index contributed by atoms with van der Waals surface area (Å²) in [6, 6.07) is 18.7. The Kier molecular flexibility index (Phi) is 6.73. The largest absolute Gasteiger partial charge is 0.493 e. The molecule has 3 aromatic rings. The van der Waals surface area contributed by atoms with Crippen molar-refractivity contribution >= 4 is 40.5 Å². The molecule has 3 rings (SSSR count). The van der Waals surface area contributed by atoms with E-state index in [0.717, 1.165) is 16.8 Å². The molecule has 0 aromatic heterocycles.